The van der Waals surface area contributed by atoms with Crippen molar-refractivity contribution in [2.24, 2.45) is 0 Å². The highest BCUT2D eigenvalue weighted by Gasteiger charge is 2.38. The molecular weight excluding hydrogens is 399 g/mol. The van der Waals surface area contributed by atoms with Crippen LogP contribution < -0.4 is 15.8 Å². The lowest BCUT2D eigenvalue weighted by Crippen LogP contribution is -2.33. The first kappa shape index (κ1) is 19.7. The topological polar surface area (TPSA) is 120 Å². The summed E-state index contributed by atoms with van der Waals surface area (Å²) < 4.78 is 29.0. The third-order valence-electron chi connectivity index (χ3n) is 4.01. The van der Waals surface area contributed by atoms with Gasteiger partial charge in [0.1, 0.15) is 18.9 Å². The molecule has 1 unspecified atom stereocenters. The van der Waals surface area contributed by atoms with Crippen LogP contribution in [0.1, 0.15) is 18.2 Å². The molecular formula is C16H17ClN2O7P+. The van der Waals surface area contributed by atoms with Crippen LogP contribution in [0.4, 0.5) is 0 Å². The smallest absolute Gasteiger partial charge is 0.390 e. The monoisotopic (exact) mass is 415 g/mol. The summed E-state index contributed by atoms with van der Waals surface area (Å²) in [7, 11) is -2.53. The molecule has 0 aliphatic carbocycles. The van der Waals surface area contributed by atoms with Crippen LogP contribution >= 0.6 is 19.9 Å². The number of hydrogen-bond acceptors (Lipinski definition) is 7. The van der Waals surface area contributed by atoms with Gasteiger partial charge in [0.05, 0.1) is 11.1 Å². The molecule has 0 bridgehead atoms. The van der Waals surface area contributed by atoms with Gasteiger partial charge in [-0.3, -0.25) is 14.3 Å². The number of aliphatic hydroxyl groups excluding tert-OH is 1. The standard InChI is InChI=1S/C16H16ClN2O7P/c1-9-7-19(16(22)18-15(9)21)14-6-11(20)13(25-14)8-24-27(23)26-12-5-3-2-4-10(12)17/h2-5,7,11,13-14,20H,6,8H2,1H3/p+1/t11-,13+,14+/m0/s1. The highest BCUT2D eigenvalue weighted by Crippen LogP contribution is 2.35. The molecule has 1 saturated heterocycles. The Morgan fingerprint density at radius 1 is 1.41 bits per heavy atom. The highest BCUT2D eigenvalue weighted by molar-refractivity contribution is 7.33. The molecule has 0 amide bonds. The number of aryl methyl sites for hydroxylation is 1. The van der Waals surface area contributed by atoms with Gasteiger partial charge < -0.3 is 9.84 Å². The number of benzene rings is 1. The Bertz CT molecular complexity index is 960. The molecule has 2 aromatic rings. The van der Waals surface area contributed by atoms with Gasteiger partial charge in [0.25, 0.3) is 5.56 Å². The van der Waals surface area contributed by atoms with Crippen LogP contribution in [0.2, 0.25) is 5.02 Å². The summed E-state index contributed by atoms with van der Waals surface area (Å²) >= 11 is 5.91. The number of hydrogen-bond donors (Lipinski definition) is 2. The Hall–Kier alpha value is -2.03. The molecule has 144 valence electrons. The maximum atomic E-state index is 11.9. The second-order valence-electron chi connectivity index (χ2n) is 5.95. The molecule has 1 aromatic heterocycles. The number of para-hydroxylation sites is 1. The van der Waals surface area contributed by atoms with E-state index in [-0.39, 0.29) is 23.8 Å². The van der Waals surface area contributed by atoms with E-state index in [1.807, 2.05) is 0 Å². The minimum absolute atomic E-state index is 0.113. The van der Waals surface area contributed by atoms with Crippen molar-refractivity contribution in [2.75, 3.05) is 6.61 Å². The molecule has 1 fully saturated rings. The lowest BCUT2D eigenvalue weighted by molar-refractivity contribution is -0.0411. The lowest BCUT2D eigenvalue weighted by Gasteiger charge is -2.14. The summed E-state index contributed by atoms with van der Waals surface area (Å²) in [4.78, 5) is 25.6. The summed E-state index contributed by atoms with van der Waals surface area (Å²) in [5.41, 5.74) is -0.787. The third-order valence-corrected chi connectivity index (χ3v) is 5.03. The maximum absolute atomic E-state index is 11.9. The number of aromatic amines is 1. The summed E-state index contributed by atoms with van der Waals surface area (Å²) in [5.74, 6) is 0.210. The fraction of sp³-hybridized carbons (Fsp3) is 0.375. The summed E-state index contributed by atoms with van der Waals surface area (Å²) in [6, 6.07) is 6.49. The zero-order valence-electron chi connectivity index (χ0n) is 14.2. The molecule has 0 radical (unpaired) electrons. The van der Waals surface area contributed by atoms with Gasteiger partial charge in [-0.25, -0.2) is 9.32 Å². The van der Waals surface area contributed by atoms with E-state index in [0.29, 0.717) is 5.56 Å². The normalized spacial score (nSPS) is 22.6. The molecule has 2 N–H and O–H groups in total. The average Bonchev–Trinajstić information content (AvgIpc) is 2.99. The number of ether oxygens (including phenoxy) is 1. The molecule has 1 aromatic carbocycles. The second-order valence-corrected chi connectivity index (χ2v) is 7.25. The summed E-state index contributed by atoms with van der Waals surface area (Å²) in [6.45, 7) is 1.34. The first-order valence-electron chi connectivity index (χ1n) is 8.03. The van der Waals surface area contributed by atoms with E-state index in [4.69, 9.17) is 25.4 Å². The fourth-order valence-corrected chi connectivity index (χ4v) is 3.46. The molecule has 1 aliphatic rings. The average molecular weight is 416 g/mol. The molecule has 4 atom stereocenters. The Labute approximate surface area is 159 Å². The van der Waals surface area contributed by atoms with Crippen molar-refractivity contribution in [3.8, 4) is 5.75 Å². The van der Waals surface area contributed by atoms with Crippen molar-refractivity contribution in [2.45, 2.75) is 31.8 Å². The Balaban J connectivity index is 1.60. The molecule has 0 spiro atoms. The van der Waals surface area contributed by atoms with Crippen molar-refractivity contribution in [3.05, 3.63) is 61.9 Å². The van der Waals surface area contributed by atoms with Crippen molar-refractivity contribution in [3.63, 3.8) is 0 Å². The first-order chi connectivity index (χ1) is 12.8. The van der Waals surface area contributed by atoms with E-state index < -0.39 is 37.9 Å². The Morgan fingerprint density at radius 2 is 2.15 bits per heavy atom. The van der Waals surface area contributed by atoms with Crippen LogP contribution in [0.5, 0.6) is 5.75 Å². The van der Waals surface area contributed by atoms with Crippen molar-refractivity contribution in [1.29, 1.82) is 0 Å². The van der Waals surface area contributed by atoms with Gasteiger partial charge in [0.2, 0.25) is 5.75 Å². The van der Waals surface area contributed by atoms with E-state index in [9.17, 15) is 19.3 Å². The zero-order valence-corrected chi connectivity index (χ0v) is 15.9. The quantitative estimate of drug-likeness (QED) is 0.691. The fourth-order valence-electron chi connectivity index (χ4n) is 2.60. The molecule has 27 heavy (non-hydrogen) atoms. The second kappa shape index (κ2) is 8.33. The van der Waals surface area contributed by atoms with Crippen molar-refractivity contribution in [1.82, 2.24) is 9.55 Å². The minimum Gasteiger partial charge on any atom is -0.390 e. The van der Waals surface area contributed by atoms with E-state index in [1.165, 1.54) is 10.8 Å². The van der Waals surface area contributed by atoms with Crippen molar-refractivity contribution < 1.29 is 23.5 Å². The predicted octanol–water partition coefficient (Wildman–Crippen LogP) is 1.90. The van der Waals surface area contributed by atoms with Crippen LogP contribution in [0.3, 0.4) is 0 Å². The molecule has 2 heterocycles. The number of aliphatic hydroxyl groups is 1. The summed E-state index contributed by atoms with van der Waals surface area (Å²) in [6.07, 6.45) is -1.07. The van der Waals surface area contributed by atoms with Gasteiger partial charge in [-0.1, -0.05) is 23.7 Å². The molecule has 3 rings (SSSR count). The van der Waals surface area contributed by atoms with Gasteiger partial charge in [-0.2, -0.15) is 0 Å². The van der Waals surface area contributed by atoms with Crippen molar-refractivity contribution >= 4 is 19.9 Å². The van der Waals surface area contributed by atoms with Gasteiger partial charge in [-0.05, 0) is 19.1 Å². The van der Waals surface area contributed by atoms with Gasteiger partial charge in [-0.15, -0.1) is 4.52 Å². The molecule has 9 nitrogen and oxygen atoms in total. The molecule has 1 aliphatic heterocycles. The van der Waals surface area contributed by atoms with E-state index in [1.54, 1.807) is 31.2 Å². The number of rotatable bonds is 6. The van der Waals surface area contributed by atoms with Crippen LogP contribution in [-0.2, 0) is 13.8 Å². The SMILES string of the molecule is Cc1cn([C@H]2C[C@H](O)[C@@H](CO[P+](=O)Oc3ccccc3Cl)O2)c(=O)[nH]c1=O. The summed E-state index contributed by atoms with van der Waals surface area (Å²) in [5, 5.41) is 10.4. The largest absolute Gasteiger partial charge is 0.750 e. The third kappa shape index (κ3) is 4.63. The molecule has 0 saturated carbocycles. The van der Waals surface area contributed by atoms with E-state index in [0.717, 1.165) is 0 Å². The predicted molar refractivity (Wildman–Crippen MR) is 96.2 cm³/mol. The van der Waals surface area contributed by atoms with E-state index >= 15 is 0 Å². The Morgan fingerprint density at radius 3 is 2.89 bits per heavy atom. The number of nitrogens with zero attached hydrogens (tertiary/aromatic N) is 1. The maximum Gasteiger partial charge on any atom is 0.750 e. The van der Waals surface area contributed by atoms with Gasteiger partial charge in [0.15, 0.2) is 0 Å². The lowest BCUT2D eigenvalue weighted by atomic mass is 10.2. The van der Waals surface area contributed by atoms with Crippen LogP contribution in [-0.4, -0.2) is 33.5 Å². The highest BCUT2D eigenvalue weighted by atomic mass is 35.5. The number of nitrogens with one attached hydrogen (secondary N) is 1. The molecule has 11 heteroatoms. The van der Waals surface area contributed by atoms with Crippen LogP contribution in [0.25, 0.3) is 0 Å². The Kier molecular flexibility index (Phi) is 6.08. The number of halogens is 1. The zero-order chi connectivity index (χ0) is 19.6. The van der Waals surface area contributed by atoms with Crippen LogP contribution in [0, 0.1) is 6.92 Å². The number of aromatic nitrogens is 2. The first-order valence-corrected chi connectivity index (χ1v) is 9.50. The minimum atomic E-state index is -2.53. The van der Waals surface area contributed by atoms with E-state index in [2.05, 4.69) is 4.98 Å². The van der Waals surface area contributed by atoms with Crippen LogP contribution in [0.15, 0.2) is 40.1 Å². The van der Waals surface area contributed by atoms with Gasteiger partial charge in [0, 0.05) is 22.7 Å². The van der Waals surface area contributed by atoms with Gasteiger partial charge >= 0.3 is 13.9 Å². The number of H-pyrrole nitrogens is 1.